The van der Waals surface area contributed by atoms with Crippen molar-refractivity contribution in [2.45, 2.75) is 20.3 Å². The minimum absolute atomic E-state index is 0.0470. The monoisotopic (exact) mass is 194 g/mol. The summed E-state index contributed by atoms with van der Waals surface area (Å²) in [6.07, 6.45) is -0.0470. The van der Waals surface area contributed by atoms with Gasteiger partial charge in [-0.15, -0.1) is 0 Å². The Balaban J connectivity index is 2.59. The predicted molar refractivity (Wildman–Crippen MR) is 48.2 cm³/mol. The van der Waals surface area contributed by atoms with E-state index in [4.69, 9.17) is 5.11 Å². The third-order valence-corrected chi connectivity index (χ3v) is 2.02. The van der Waals surface area contributed by atoms with Gasteiger partial charge in [0.25, 0.3) is 5.78 Å². The Labute approximate surface area is 79.6 Å². The second-order valence-electron chi connectivity index (χ2n) is 3.16. The van der Waals surface area contributed by atoms with Crippen molar-refractivity contribution in [1.82, 2.24) is 19.6 Å². The van der Waals surface area contributed by atoms with Crippen LogP contribution in [0.5, 0.6) is 0 Å². The quantitative estimate of drug-likeness (QED) is 0.720. The SMILES string of the molecule is Cc1nc2nc(C)c(CC(=O)O)n2[nH]1. The Morgan fingerprint density at radius 2 is 2.21 bits per heavy atom. The van der Waals surface area contributed by atoms with E-state index in [1.807, 2.05) is 0 Å². The van der Waals surface area contributed by atoms with E-state index in [-0.39, 0.29) is 6.42 Å². The first kappa shape index (κ1) is 8.74. The van der Waals surface area contributed by atoms with Gasteiger partial charge < -0.3 is 5.11 Å². The molecular formula is C8H10N4O2. The summed E-state index contributed by atoms with van der Waals surface area (Å²) >= 11 is 0. The van der Waals surface area contributed by atoms with Gasteiger partial charge in [0.1, 0.15) is 5.82 Å². The molecule has 0 unspecified atom stereocenters. The molecule has 0 bridgehead atoms. The molecule has 0 atom stereocenters. The van der Waals surface area contributed by atoms with Gasteiger partial charge in [-0.3, -0.25) is 9.89 Å². The van der Waals surface area contributed by atoms with E-state index in [0.29, 0.717) is 17.2 Å². The summed E-state index contributed by atoms with van der Waals surface area (Å²) in [4.78, 5) is 18.8. The van der Waals surface area contributed by atoms with Gasteiger partial charge in [0.2, 0.25) is 0 Å². The first-order valence-electron chi connectivity index (χ1n) is 4.20. The van der Waals surface area contributed by atoms with Crippen molar-refractivity contribution in [2.75, 3.05) is 0 Å². The fourth-order valence-electron chi connectivity index (χ4n) is 1.43. The van der Waals surface area contributed by atoms with Crippen LogP contribution >= 0.6 is 0 Å². The highest BCUT2D eigenvalue weighted by Crippen LogP contribution is 2.10. The number of aliphatic carboxylic acids is 1. The summed E-state index contributed by atoms with van der Waals surface area (Å²) in [5.74, 6) is 0.373. The van der Waals surface area contributed by atoms with Crippen molar-refractivity contribution >= 4 is 11.7 Å². The number of fused-ring (bicyclic) bond motifs is 1. The molecule has 0 amide bonds. The van der Waals surface area contributed by atoms with Crippen molar-refractivity contribution < 1.29 is 9.90 Å². The number of carboxylic acid groups (broad SMARTS) is 1. The number of nitrogens with zero attached hydrogens (tertiary/aromatic N) is 3. The molecule has 0 aromatic carbocycles. The van der Waals surface area contributed by atoms with Gasteiger partial charge in [-0.1, -0.05) is 0 Å². The van der Waals surface area contributed by atoms with Crippen molar-refractivity contribution in [1.29, 1.82) is 0 Å². The first-order valence-corrected chi connectivity index (χ1v) is 4.20. The molecule has 0 aliphatic rings. The third kappa shape index (κ3) is 1.24. The lowest BCUT2D eigenvalue weighted by Gasteiger charge is -1.95. The highest BCUT2D eigenvalue weighted by atomic mass is 16.4. The molecule has 0 saturated heterocycles. The summed E-state index contributed by atoms with van der Waals surface area (Å²) in [5, 5.41) is 11.6. The summed E-state index contributed by atoms with van der Waals surface area (Å²) in [6, 6.07) is 0. The molecule has 6 heteroatoms. The molecule has 6 nitrogen and oxygen atoms in total. The highest BCUT2D eigenvalue weighted by molar-refractivity contribution is 5.70. The van der Waals surface area contributed by atoms with Crippen LogP contribution in [0.25, 0.3) is 5.78 Å². The number of imidazole rings is 1. The van der Waals surface area contributed by atoms with Crippen LogP contribution in [-0.2, 0) is 11.2 Å². The molecule has 14 heavy (non-hydrogen) atoms. The van der Waals surface area contributed by atoms with Crippen LogP contribution in [0.3, 0.4) is 0 Å². The van der Waals surface area contributed by atoms with Crippen LogP contribution in [0, 0.1) is 13.8 Å². The second kappa shape index (κ2) is 2.83. The molecule has 0 spiro atoms. The molecule has 74 valence electrons. The number of H-pyrrole nitrogens is 1. The summed E-state index contributed by atoms with van der Waals surface area (Å²) in [6.45, 7) is 3.57. The molecule has 0 saturated carbocycles. The zero-order valence-electron chi connectivity index (χ0n) is 7.90. The molecule has 2 N–H and O–H groups in total. The van der Waals surface area contributed by atoms with Crippen LogP contribution in [0.1, 0.15) is 17.2 Å². The molecule has 2 aromatic rings. The highest BCUT2D eigenvalue weighted by Gasteiger charge is 2.14. The largest absolute Gasteiger partial charge is 0.481 e. The number of aryl methyl sites for hydroxylation is 2. The van der Waals surface area contributed by atoms with Crippen molar-refractivity contribution in [3.05, 3.63) is 17.2 Å². The summed E-state index contributed by atoms with van der Waals surface area (Å²) < 4.78 is 1.61. The molecule has 0 aliphatic heterocycles. The fourth-order valence-corrected chi connectivity index (χ4v) is 1.43. The van der Waals surface area contributed by atoms with E-state index in [1.54, 1.807) is 18.4 Å². The summed E-state index contributed by atoms with van der Waals surface area (Å²) in [5.41, 5.74) is 1.35. The third-order valence-electron chi connectivity index (χ3n) is 2.02. The number of hydrogen-bond acceptors (Lipinski definition) is 3. The number of aromatic amines is 1. The molecule has 2 heterocycles. The predicted octanol–water partition coefficient (Wildman–Crippen LogP) is 0.301. The Kier molecular flexibility index (Phi) is 1.77. The minimum Gasteiger partial charge on any atom is -0.481 e. The zero-order valence-corrected chi connectivity index (χ0v) is 7.90. The van der Waals surface area contributed by atoms with Crippen molar-refractivity contribution in [3.8, 4) is 0 Å². The molecular weight excluding hydrogens is 184 g/mol. The van der Waals surface area contributed by atoms with Crippen LogP contribution in [0.15, 0.2) is 0 Å². The van der Waals surface area contributed by atoms with Gasteiger partial charge >= 0.3 is 5.97 Å². The number of aromatic nitrogens is 4. The lowest BCUT2D eigenvalue weighted by Crippen LogP contribution is -2.05. The van der Waals surface area contributed by atoms with E-state index >= 15 is 0 Å². The van der Waals surface area contributed by atoms with E-state index in [0.717, 1.165) is 5.82 Å². The number of carbonyl (C=O) groups is 1. The molecule has 0 fully saturated rings. The number of rotatable bonds is 2. The van der Waals surface area contributed by atoms with Crippen molar-refractivity contribution in [3.63, 3.8) is 0 Å². The smallest absolute Gasteiger partial charge is 0.309 e. The standard InChI is InChI=1S/C8H10N4O2/c1-4-6(3-7(13)14)12-8(9-4)10-5(2)11-12/h3H2,1-2H3,(H,13,14)(H,9,10,11). The zero-order chi connectivity index (χ0) is 10.3. The Bertz CT molecular complexity index is 497. The van der Waals surface area contributed by atoms with Crippen LogP contribution in [0.4, 0.5) is 0 Å². The van der Waals surface area contributed by atoms with Crippen LogP contribution in [-0.4, -0.2) is 30.7 Å². The van der Waals surface area contributed by atoms with Crippen LogP contribution < -0.4 is 0 Å². The maximum Gasteiger partial charge on any atom is 0.309 e. The number of hydrogen-bond donors (Lipinski definition) is 2. The number of carboxylic acids is 1. The van der Waals surface area contributed by atoms with E-state index in [2.05, 4.69) is 15.1 Å². The van der Waals surface area contributed by atoms with Gasteiger partial charge in [-0.2, -0.15) is 4.98 Å². The molecule has 2 aromatic heterocycles. The van der Waals surface area contributed by atoms with E-state index in [9.17, 15) is 4.79 Å². The Morgan fingerprint density at radius 1 is 1.50 bits per heavy atom. The minimum atomic E-state index is -0.873. The van der Waals surface area contributed by atoms with Crippen molar-refractivity contribution in [2.24, 2.45) is 0 Å². The van der Waals surface area contributed by atoms with E-state index in [1.165, 1.54) is 0 Å². The van der Waals surface area contributed by atoms with Gasteiger partial charge in [0, 0.05) is 0 Å². The molecule has 0 aliphatic carbocycles. The Hall–Kier alpha value is -1.85. The van der Waals surface area contributed by atoms with Gasteiger partial charge in [0.05, 0.1) is 17.8 Å². The fraction of sp³-hybridized carbons (Fsp3) is 0.375. The van der Waals surface area contributed by atoms with Gasteiger partial charge in [-0.25, -0.2) is 9.50 Å². The van der Waals surface area contributed by atoms with E-state index < -0.39 is 5.97 Å². The average Bonchev–Trinajstić information content (AvgIpc) is 2.51. The van der Waals surface area contributed by atoms with Gasteiger partial charge in [0.15, 0.2) is 0 Å². The average molecular weight is 194 g/mol. The normalized spacial score (nSPS) is 11.0. The first-order chi connectivity index (χ1) is 6.58. The lowest BCUT2D eigenvalue weighted by molar-refractivity contribution is -0.136. The topological polar surface area (TPSA) is 83.3 Å². The molecule has 2 rings (SSSR count). The van der Waals surface area contributed by atoms with Crippen LogP contribution in [0.2, 0.25) is 0 Å². The Morgan fingerprint density at radius 3 is 2.86 bits per heavy atom. The molecule has 0 radical (unpaired) electrons. The maximum atomic E-state index is 10.6. The lowest BCUT2D eigenvalue weighted by atomic mass is 10.3. The summed E-state index contributed by atoms with van der Waals surface area (Å²) in [7, 11) is 0. The van der Waals surface area contributed by atoms with Gasteiger partial charge in [-0.05, 0) is 13.8 Å². The maximum absolute atomic E-state index is 10.6. The second-order valence-corrected chi connectivity index (χ2v) is 3.16. The number of nitrogens with one attached hydrogen (secondary N) is 1.